The number of carbonyl (C=O) groups excluding carboxylic acids is 1. The summed E-state index contributed by atoms with van der Waals surface area (Å²) in [5, 5.41) is 7.16. The van der Waals surface area contributed by atoms with Gasteiger partial charge in [-0.05, 0) is 93.0 Å². The minimum Gasteiger partial charge on any atom is -0.341 e. The van der Waals surface area contributed by atoms with Gasteiger partial charge in [0.2, 0.25) is 5.91 Å². The smallest absolute Gasteiger partial charge is 0.341 e. The molecule has 2 aliphatic carbocycles. The maximum absolute atomic E-state index is 14.5. The standard InChI is InChI=1S/C46H65F3N4O/c1-7-28-53(30-27-50-42(20-13-14-29-52(9-3)10-4)44-35(6)16-15-19-41(44)46(47,48)49)45(54)39(31-37-24-22-36(8-2)23-25-37)26-21-34(5)43-32-38-17-11-12-18-40(38)33-51-43/h8,11-15,17-19,22,24-25,35-36,39,42-43,50-51H,2,5,7,9-10,16,20-21,23,26-33H2,1,3-4,6H3/b14-13+. The Kier molecular flexibility index (Phi) is 17.3. The van der Waals surface area contributed by atoms with Crippen LogP contribution in [-0.2, 0) is 17.8 Å². The number of amides is 1. The summed E-state index contributed by atoms with van der Waals surface area (Å²) in [4.78, 5) is 18.7. The maximum Gasteiger partial charge on any atom is 0.416 e. The number of hydrogen-bond donors (Lipinski definition) is 2. The summed E-state index contributed by atoms with van der Waals surface area (Å²) in [7, 11) is 0. The molecular formula is C46H65F3N4O. The zero-order valence-electron chi connectivity index (χ0n) is 33.3. The Bertz CT molecular complexity index is 1550. The van der Waals surface area contributed by atoms with Crippen LogP contribution in [0.4, 0.5) is 13.2 Å². The second-order valence-corrected chi connectivity index (χ2v) is 15.2. The van der Waals surface area contributed by atoms with Crippen LogP contribution in [0.3, 0.4) is 0 Å². The molecule has 0 fully saturated rings. The summed E-state index contributed by atoms with van der Waals surface area (Å²) < 4.78 is 43.1. The Morgan fingerprint density at radius 3 is 2.50 bits per heavy atom. The van der Waals surface area contributed by atoms with Crippen LogP contribution in [0.1, 0.15) is 83.8 Å². The number of benzene rings is 1. The lowest BCUT2D eigenvalue weighted by Gasteiger charge is -2.33. The molecule has 1 aromatic carbocycles. The SMILES string of the molecule is C=CC1C=CC(CC(CCC(=C)C2Cc3ccccc3CN2)C(=O)N(CCC)CCNC(C/C=C/CN(CC)CC)C2=C(C(F)(F)F)C=CCC2C)=CC1. The van der Waals surface area contributed by atoms with Crippen molar-refractivity contribution in [1.29, 1.82) is 0 Å². The van der Waals surface area contributed by atoms with Crippen molar-refractivity contribution >= 4 is 5.91 Å². The Labute approximate surface area is 323 Å². The first-order chi connectivity index (χ1) is 26.0. The van der Waals surface area contributed by atoms with Crippen LogP contribution in [-0.4, -0.2) is 73.2 Å². The Hall–Kier alpha value is -3.46. The molecule has 1 aliphatic heterocycles. The molecule has 54 heavy (non-hydrogen) atoms. The Morgan fingerprint density at radius 1 is 1.07 bits per heavy atom. The molecule has 3 aliphatic rings. The largest absolute Gasteiger partial charge is 0.416 e. The van der Waals surface area contributed by atoms with Gasteiger partial charge in [-0.1, -0.05) is 118 Å². The number of alkyl halides is 3. The predicted octanol–water partition coefficient (Wildman–Crippen LogP) is 9.67. The van der Waals surface area contributed by atoms with Gasteiger partial charge in [-0.2, -0.15) is 13.2 Å². The van der Waals surface area contributed by atoms with Crippen LogP contribution in [0.15, 0.2) is 108 Å². The molecule has 8 heteroatoms. The molecule has 0 bridgehead atoms. The van der Waals surface area contributed by atoms with Crippen LogP contribution in [0.2, 0.25) is 0 Å². The third-order valence-corrected chi connectivity index (χ3v) is 11.4. The Balaban J connectivity index is 1.50. The lowest BCUT2D eigenvalue weighted by molar-refractivity contribution is -0.135. The van der Waals surface area contributed by atoms with Gasteiger partial charge in [0.05, 0.1) is 5.57 Å². The molecule has 0 saturated carbocycles. The summed E-state index contributed by atoms with van der Waals surface area (Å²) in [6.07, 6.45) is 16.7. The second-order valence-electron chi connectivity index (χ2n) is 15.2. The van der Waals surface area contributed by atoms with E-state index in [2.05, 4.69) is 98.0 Å². The van der Waals surface area contributed by atoms with Gasteiger partial charge in [0, 0.05) is 50.7 Å². The number of halogens is 3. The first kappa shape index (κ1) is 43.3. The van der Waals surface area contributed by atoms with E-state index in [-0.39, 0.29) is 23.8 Å². The van der Waals surface area contributed by atoms with E-state index in [1.54, 1.807) is 6.08 Å². The number of nitrogens with one attached hydrogen (secondary N) is 2. The molecule has 0 spiro atoms. The van der Waals surface area contributed by atoms with Crippen LogP contribution in [0.25, 0.3) is 0 Å². The molecular weight excluding hydrogens is 682 g/mol. The van der Waals surface area contributed by atoms with E-state index in [0.29, 0.717) is 56.8 Å². The van der Waals surface area contributed by atoms with E-state index < -0.39 is 17.8 Å². The van der Waals surface area contributed by atoms with E-state index >= 15 is 0 Å². The fraction of sp³-hybridized carbons (Fsp3) is 0.543. The number of fused-ring (bicyclic) bond motifs is 1. The second kappa shape index (κ2) is 21.6. The molecule has 0 radical (unpaired) electrons. The number of nitrogens with zero attached hydrogens (tertiary/aromatic N) is 2. The summed E-state index contributed by atoms with van der Waals surface area (Å²) in [5.74, 6) is -0.0626. The molecule has 5 unspecified atom stereocenters. The van der Waals surface area contributed by atoms with Gasteiger partial charge in [0.1, 0.15) is 0 Å². The minimum atomic E-state index is -4.43. The lowest BCUT2D eigenvalue weighted by atomic mass is 9.82. The molecule has 296 valence electrons. The van der Waals surface area contributed by atoms with Crippen molar-refractivity contribution < 1.29 is 18.0 Å². The molecule has 2 N–H and O–H groups in total. The first-order valence-corrected chi connectivity index (χ1v) is 20.3. The highest BCUT2D eigenvalue weighted by atomic mass is 19.4. The molecule has 5 atom stereocenters. The molecule has 4 rings (SSSR count). The minimum absolute atomic E-state index is 0.105. The van der Waals surface area contributed by atoms with Gasteiger partial charge in [-0.3, -0.25) is 4.79 Å². The maximum atomic E-state index is 14.5. The summed E-state index contributed by atoms with van der Waals surface area (Å²) in [5.41, 5.74) is 4.83. The van der Waals surface area contributed by atoms with E-state index in [1.165, 1.54) is 22.8 Å². The van der Waals surface area contributed by atoms with Crippen LogP contribution in [0, 0.1) is 17.8 Å². The number of hydrogen-bond acceptors (Lipinski definition) is 4. The molecule has 0 aromatic heterocycles. The normalized spacial score (nSPS) is 21.3. The van der Waals surface area contributed by atoms with E-state index in [0.717, 1.165) is 57.4 Å². The highest BCUT2D eigenvalue weighted by Crippen LogP contribution is 2.38. The topological polar surface area (TPSA) is 47.6 Å². The monoisotopic (exact) mass is 747 g/mol. The van der Waals surface area contributed by atoms with Gasteiger partial charge in [0.15, 0.2) is 0 Å². The van der Waals surface area contributed by atoms with Gasteiger partial charge in [-0.15, -0.1) is 6.58 Å². The fourth-order valence-corrected chi connectivity index (χ4v) is 8.04. The molecule has 1 heterocycles. The van der Waals surface area contributed by atoms with E-state index in [9.17, 15) is 18.0 Å². The highest BCUT2D eigenvalue weighted by Gasteiger charge is 2.39. The zero-order valence-corrected chi connectivity index (χ0v) is 33.3. The van der Waals surface area contributed by atoms with Crippen LogP contribution in [0.5, 0.6) is 0 Å². The summed E-state index contributed by atoms with van der Waals surface area (Å²) in [6.45, 7) is 21.4. The van der Waals surface area contributed by atoms with Crippen molar-refractivity contribution in [3.05, 3.63) is 119 Å². The van der Waals surface area contributed by atoms with Crippen molar-refractivity contribution in [1.82, 2.24) is 20.4 Å². The third-order valence-electron chi connectivity index (χ3n) is 11.4. The quantitative estimate of drug-likeness (QED) is 0.123. The van der Waals surface area contributed by atoms with Gasteiger partial charge in [-0.25, -0.2) is 0 Å². The van der Waals surface area contributed by atoms with Gasteiger partial charge in [0.25, 0.3) is 0 Å². The molecule has 1 aromatic rings. The molecule has 1 amide bonds. The van der Waals surface area contributed by atoms with Crippen molar-refractivity contribution in [3.8, 4) is 0 Å². The average molecular weight is 747 g/mol. The van der Waals surface area contributed by atoms with E-state index in [4.69, 9.17) is 0 Å². The predicted molar refractivity (Wildman–Crippen MR) is 219 cm³/mol. The number of likely N-dealkylation sites (N-methyl/N-ethyl adjacent to an activating group) is 1. The fourth-order valence-electron chi connectivity index (χ4n) is 8.04. The third kappa shape index (κ3) is 12.5. The number of allylic oxidation sites excluding steroid dienone is 8. The van der Waals surface area contributed by atoms with Crippen LogP contribution < -0.4 is 10.6 Å². The van der Waals surface area contributed by atoms with Crippen molar-refractivity contribution in [2.24, 2.45) is 17.8 Å². The van der Waals surface area contributed by atoms with E-state index in [1.807, 2.05) is 24.0 Å². The highest BCUT2D eigenvalue weighted by molar-refractivity contribution is 5.79. The lowest BCUT2D eigenvalue weighted by Crippen LogP contribution is -2.44. The number of carbonyl (C=O) groups is 1. The van der Waals surface area contributed by atoms with Gasteiger partial charge >= 0.3 is 6.18 Å². The molecule has 0 saturated heterocycles. The summed E-state index contributed by atoms with van der Waals surface area (Å²) in [6, 6.07) is 8.20. The molecule has 5 nitrogen and oxygen atoms in total. The first-order valence-electron chi connectivity index (χ1n) is 20.3. The average Bonchev–Trinajstić information content (AvgIpc) is 3.17. The number of rotatable bonds is 21. The van der Waals surface area contributed by atoms with Gasteiger partial charge < -0.3 is 20.4 Å². The summed E-state index contributed by atoms with van der Waals surface area (Å²) >= 11 is 0. The van der Waals surface area contributed by atoms with Crippen molar-refractivity contribution in [2.45, 2.75) is 104 Å². The van der Waals surface area contributed by atoms with Crippen LogP contribution >= 0.6 is 0 Å². The Morgan fingerprint density at radius 2 is 1.83 bits per heavy atom. The zero-order chi connectivity index (χ0) is 39.1. The van der Waals surface area contributed by atoms with Crippen molar-refractivity contribution in [2.75, 3.05) is 39.3 Å². The van der Waals surface area contributed by atoms with Crippen molar-refractivity contribution in [3.63, 3.8) is 0 Å².